The second-order valence-corrected chi connectivity index (χ2v) is 7.06. The lowest BCUT2D eigenvalue weighted by Crippen LogP contribution is -2.37. The molecule has 1 rings (SSSR count). The fourth-order valence-electron chi connectivity index (χ4n) is 2.54. The molecule has 25 heavy (non-hydrogen) atoms. The van der Waals surface area contributed by atoms with Crippen molar-refractivity contribution in [1.29, 1.82) is 5.26 Å². The predicted molar refractivity (Wildman–Crippen MR) is 104 cm³/mol. The SMILES string of the molecule is CCN(CC)c1ccc(C=C(C#N)C(=O)NCCC[N+](C)(C)C)cc1. The van der Waals surface area contributed by atoms with Crippen molar-refractivity contribution in [1.82, 2.24) is 5.32 Å². The molecule has 0 fully saturated rings. The maximum absolute atomic E-state index is 12.2. The van der Waals surface area contributed by atoms with E-state index in [1.807, 2.05) is 30.3 Å². The van der Waals surface area contributed by atoms with Gasteiger partial charge in [-0.2, -0.15) is 5.26 Å². The number of amides is 1. The highest BCUT2D eigenvalue weighted by Crippen LogP contribution is 2.16. The van der Waals surface area contributed by atoms with Crippen molar-refractivity contribution in [3.8, 4) is 6.07 Å². The molecule has 0 aliphatic carbocycles. The van der Waals surface area contributed by atoms with Crippen molar-refractivity contribution in [2.75, 3.05) is 52.2 Å². The highest BCUT2D eigenvalue weighted by Gasteiger charge is 2.10. The van der Waals surface area contributed by atoms with Crippen molar-refractivity contribution in [3.63, 3.8) is 0 Å². The Bertz CT molecular complexity index is 617. The summed E-state index contributed by atoms with van der Waals surface area (Å²) in [7, 11) is 6.35. The van der Waals surface area contributed by atoms with Crippen molar-refractivity contribution in [3.05, 3.63) is 35.4 Å². The van der Waals surface area contributed by atoms with Crippen LogP contribution < -0.4 is 10.2 Å². The van der Waals surface area contributed by atoms with E-state index in [2.05, 4.69) is 45.2 Å². The standard InChI is InChI=1S/C20H30N4O/c1-6-23(7-2)19-11-9-17(10-12-19)15-18(16-21)20(25)22-13-8-14-24(3,4)5/h9-12,15H,6-8,13-14H2,1-5H3/p+1. The van der Waals surface area contributed by atoms with Gasteiger partial charge in [-0.1, -0.05) is 12.1 Å². The topological polar surface area (TPSA) is 56.1 Å². The third-order valence-electron chi connectivity index (χ3n) is 3.99. The summed E-state index contributed by atoms with van der Waals surface area (Å²) in [5.74, 6) is -0.309. The van der Waals surface area contributed by atoms with Crippen LogP contribution in [-0.4, -0.2) is 57.7 Å². The largest absolute Gasteiger partial charge is 0.372 e. The van der Waals surface area contributed by atoms with Crippen LogP contribution in [0.15, 0.2) is 29.8 Å². The molecule has 0 spiro atoms. The fourth-order valence-corrected chi connectivity index (χ4v) is 2.54. The molecule has 0 aliphatic rings. The fraction of sp³-hybridized carbons (Fsp3) is 0.500. The second-order valence-electron chi connectivity index (χ2n) is 7.06. The summed E-state index contributed by atoms with van der Waals surface area (Å²) in [5, 5.41) is 12.1. The highest BCUT2D eigenvalue weighted by molar-refractivity contribution is 6.01. The van der Waals surface area contributed by atoms with Gasteiger partial charge in [-0.25, -0.2) is 0 Å². The minimum absolute atomic E-state index is 0.140. The minimum Gasteiger partial charge on any atom is -0.372 e. The summed E-state index contributed by atoms with van der Waals surface area (Å²) in [6, 6.07) is 9.92. The summed E-state index contributed by atoms with van der Waals surface area (Å²) in [6.45, 7) is 7.69. The molecule has 0 heterocycles. The van der Waals surface area contributed by atoms with E-state index in [9.17, 15) is 10.1 Å². The van der Waals surface area contributed by atoms with Crippen LogP contribution in [-0.2, 0) is 4.79 Å². The molecule has 136 valence electrons. The van der Waals surface area contributed by atoms with E-state index < -0.39 is 0 Å². The number of rotatable bonds is 9. The number of carbonyl (C=O) groups excluding carboxylic acids is 1. The molecule has 1 aromatic rings. The highest BCUT2D eigenvalue weighted by atomic mass is 16.1. The number of nitriles is 1. The van der Waals surface area contributed by atoms with Crippen LogP contribution in [0.25, 0.3) is 6.08 Å². The van der Waals surface area contributed by atoms with E-state index in [-0.39, 0.29) is 11.5 Å². The number of benzene rings is 1. The van der Waals surface area contributed by atoms with Gasteiger partial charge in [-0.15, -0.1) is 0 Å². The van der Waals surface area contributed by atoms with Crippen molar-refractivity contribution < 1.29 is 9.28 Å². The maximum Gasteiger partial charge on any atom is 0.261 e. The minimum atomic E-state index is -0.309. The lowest BCUT2D eigenvalue weighted by atomic mass is 10.1. The Kier molecular flexibility index (Phi) is 8.17. The van der Waals surface area contributed by atoms with Gasteiger partial charge >= 0.3 is 0 Å². The molecule has 1 amide bonds. The van der Waals surface area contributed by atoms with Crippen molar-refractivity contribution in [2.24, 2.45) is 0 Å². The van der Waals surface area contributed by atoms with Crippen LogP contribution in [0.1, 0.15) is 25.8 Å². The third-order valence-corrected chi connectivity index (χ3v) is 3.99. The Morgan fingerprint density at radius 1 is 1.20 bits per heavy atom. The maximum atomic E-state index is 12.2. The van der Waals surface area contributed by atoms with Crippen LogP contribution in [0.5, 0.6) is 0 Å². The van der Waals surface area contributed by atoms with E-state index in [1.165, 1.54) is 0 Å². The summed E-state index contributed by atoms with van der Waals surface area (Å²) >= 11 is 0. The Morgan fingerprint density at radius 3 is 2.28 bits per heavy atom. The van der Waals surface area contributed by atoms with E-state index >= 15 is 0 Å². The number of nitrogens with zero attached hydrogens (tertiary/aromatic N) is 3. The molecular weight excluding hydrogens is 312 g/mol. The summed E-state index contributed by atoms with van der Waals surface area (Å²) in [6.07, 6.45) is 2.52. The number of anilines is 1. The van der Waals surface area contributed by atoms with Gasteiger partial charge in [0, 0.05) is 31.7 Å². The van der Waals surface area contributed by atoms with Crippen LogP contribution in [0.2, 0.25) is 0 Å². The normalized spacial score (nSPS) is 11.8. The zero-order valence-electron chi connectivity index (χ0n) is 16.2. The predicted octanol–water partition coefficient (Wildman–Crippen LogP) is 2.65. The lowest BCUT2D eigenvalue weighted by molar-refractivity contribution is -0.870. The number of nitrogens with one attached hydrogen (secondary N) is 1. The van der Waals surface area contributed by atoms with E-state index in [1.54, 1.807) is 6.08 Å². The van der Waals surface area contributed by atoms with Gasteiger partial charge in [0.25, 0.3) is 5.91 Å². The van der Waals surface area contributed by atoms with E-state index in [4.69, 9.17) is 0 Å². The molecule has 5 nitrogen and oxygen atoms in total. The first-order valence-electron chi connectivity index (χ1n) is 8.86. The van der Waals surface area contributed by atoms with Gasteiger partial charge in [0.2, 0.25) is 0 Å². The van der Waals surface area contributed by atoms with Crippen LogP contribution in [0.4, 0.5) is 5.69 Å². The summed E-state index contributed by atoms with van der Waals surface area (Å²) < 4.78 is 0.857. The molecular formula is C20H31N4O+. The van der Waals surface area contributed by atoms with E-state index in [0.29, 0.717) is 6.54 Å². The smallest absolute Gasteiger partial charge is 0.261 e. The number of hydrogen-bond acceptors (Lipinski definition) is 3. The number of hydrogen-bond donors (Lipinski definition) is 1. The summed E-state index contributed by atoms with van der Waals surface area (Å²) in [5.41, 5.74) is 2.14. The van der Waals surface area contributed by atoms with Crippen molar-refractivity contribution >= 4 is 17.7 Å². The van der Waals surface area contributed by atoms with Crippen LogP contribution in [0, 0.1) is 11.3 Å². The molecule has 0 aromatic heterocycles. The monoisotopic (exact) mass is 343 g/mol. The first-order valence-corrected chi connectivity index (χ1v) is 8.86. The molecule has 0 atom stereocenters. The Balaban J connectivity index is 2.69. The molecule has 0 unspecified atom stereocenters. The van der Waals surface area contributed by atoms with Crippen LogP contribution >= 0.6 is 0 Å². The molecule has 0 bridgehead atoms. The molecule has 5 heteroatoms. The van der Waals surface area contributed by atoms with Gasteiger partial charge in [0.15, 0.2) is 0 Å². The Morgan fingerprint density at radius 2 is 1.80 bits per heavy atom. The second kappa shape index (κ2) is 9.85. The first-order chi connectivity index (χ1) is 11.8. The number of carbonyl (C=O) groups is 1. The number of quaternary nitrogens is 1. The molecule has 0 radical (unpaired) electrons. The van der Waals surface area contributed by atoms with E-state index in [0.717, 1.165) is 41.8 Å². The molecule has 1 aromatic carbocycles. The van der Waals surface area contributed by atoms with Gasteiger partial charge in [-0.05, 0) is 37.6 Å². The molecule has 0 saturated heterocycles. The first kappa shape index (κ1) is 20.7. The van der Waals surface area contributed by atoms with Gasteiger partial charge in [0.05, 0.1) is 27.7 Å². The van der Waals surface area contributed by atoms with Crippen molar-refractivity contribution in [2.45, 2.75) is 20.3 Å². The molecule has 0 aliphatic heterocycles. The summed E-state index contributed by atoms with van der Waals surface area (Å²) in [4.78, 5) is 14.4. The quantitative estimate of drug-likeness (QED) is 0.325. The zero-order chi connectivity index (χ0) is 18.9. The Hall–Kier alpha value is -2.32. The third kappa shape index (κ3) is 7.40. The van der Waals surface area contributed by atoms with Crippen LogP contribution in [0.3, 0.4) is 0 Å². The average molecular weight is 343 g/mol. The molecule has 0 saturated carbocycles. The van der Waals surface area contributed by atoms with Gasteiger partial charge in [-0.3, -0.25) is 4.79 Å². The van der Waals surface area contributed by atoms with Gasteiger partial charge in [0.1, 0.15) is 11.6 Å². The Labute approximate surface area is 152 Å². The zero-order valence-corrected chi connectivity index (χ0v) is 16.2. The van der Waals surface area contributed by atoms with Gasteiger partial charge < -0.3 is 14.7 Å². The average Bonchev–Trinajstić information content (AvgIpc) is 2.58. The molecule has 1 N–H and O–H groups in total. The lowest BCUT2D eigenvalue weighted by Gasteiger charge is -2.23.